The lowest BCUT2D eigenvalue weighted by atomic mass is 9.93. The third-order valence-electron chi connectivity index (χ3n) is 5.05. The Balaban J connectivity index is 0.00000131. The van der Waals surface area contributed by atoms with E-state index in [0.717, 1.165) is 49.9 Å². The van der Waals surface area contributed by atoms with Crippen LogP contribution in [-0.2, 0) is 13.0 Å². The second-order valence-corrected chi connectivity index (χ2v) is 6.70. The van der Waals surface area contributed by atoms with Crippen LogP contribution < -0.4 is 5.32 Å². The molecule has 2 heterocycles. The maximum absolute atomic E-state index is 13.1. The van der Waals surface area contributed by atoms with Gasteiger partial charge in [-0.15, -0.1) is 34.0 Å². The van der Waals surface area contributed by atoms with Gasteiger partial charge in [0.1, 0.15) is 0 Å². The van der Waals surface area contributed by atoms with Crippen molar-refractivity contribution < 1.29 is 4.79 Å². The summed E-state index contributed by atoms with van der Waals surface area (Å²) in [6.45, 7) is 2.61. The number of Topliss-reactive ketones (excluding diaryl/α,β-unsaturated/α-hetero) is 1. The number of ketones is 1. The van der Waals surface area contributed by atoms with Gasteiger partial charge in [-0.3, -0.25) is 4.79 Å². The van der Waals surface area contributed by atoms with Crippen LogP contribution in [0.4, 0.5) is 0 Å². The van der Waals surface area contributed by atoms with E-state index in [1.807, 2.05) is 24.3 Å². The van der Waals surface area contributed by atoms with Crippen molar-refractivity contribution in [1.29, 1.82) is 0 Å². The summed E-state index contributed by atoms with van der Waals surface area (Å²) in [7, 11) is 0. The maximum atomic E-state index is 13.1. The van der Waals surface area contributed by atoms with Crippen molar-refractivity contribution in [3.63, 3.8) is 0 Å². The van der Waals surface area contributed by atoms with Crippen molar-refractivity contribution in [2.24, 2.45) is 5.92 Å². The van der Waals surface area contributed by atoms with Gasteiger partial charge in [-0.25, -0.2) is 4.98 Å². The second-order valence-electron chi connectivity index (χ2n) is 6.70. The number of hydrogen-bond donors (Lipinski definition) is 1. The molecule has 1 aliphatic heterocycles. The van der Waals surface area contributed by atoms with Crippen molar-refractivity contribution in [2.45, 2.75) is 25.8 Å². The second kappa shape index (κ2) is 10.2. The van der Waals surface area contributed by atoms with Crippen LogP contribution in [0.15, 0.2) is 54.6 Å². The van der Waals surface area contributed by atoms with Crippen LogP contribution in [0.25, 0.3) is 11.0 Å². The Morgan fingerprint density at radius 3 is 2.41 bits per heavy atom. The van der Waals surface area contributed by atoms with E-state index in [2.05, 4.69) is 40.2 Å². The first-order valence-electron chi connectivity index (χ1n) is 9.07. The fourth-order valence-electron chi connectivity index (χ4n) is 3.64. The maximum Gasteiger partial charge on any atom is 0.201 e. The molecule has 144 valence electrons. The number of aromatic nitrogens is 2. The molecule has 4 nitrogen and oxygen atoms in total. The first-order chi connectivity index (χ1) is 12.3. The van der Waals surface area contributed by atoms with Gasteiger partial charge in [0.2, 0.25) is 5.78 Å². The van der Waals surface area contributed by atoms with Crippen LogP contribution in [-0.4, -0.2) is 28.4 Å². The summed E-state index contributed by atoms with van der Waals surface area (Å²) in [6, 6.07) is 18.5. The zero-order valence-electron chi connectivity index (χ0n) is 15.1. The molecular weight excluding hydrogens is 470 g/mol. The van der Waals surface area contributed by atoms with Crippen molar-refractivity contribution in [2.75, 3.05) is 13.1 Å². The molecule has 0 spiro atoms. The smallest absolute Gasteiger partial charge is 0.201 e. The van der Waals surface area contributed by atoms with E-state index in [0.29, 0.717) is 5.82 Å². The van der Waals surface area contributed by atoms with E-state index in [4.69, 9.17) is 4.98 Å². The van der Waals surface area contributed by atoms with Gasteiger partial charge in [-0.1, -0.05) is 42.5 Å². The van der Waals surface area contributed by atoms with Gasteiger partial charge in [0.25, 0.3) is 0 Å². The molecule has 0 aliphatic carbocycles. The van der Waals surface area contributed by atoms with Crippen LogP contribution in [0.2, 0.25) is 0 Å². The Morgan fingerprint density at radius 2 is 1.67 bits per heavy atom. The van der Waals surface area contributed by atoms with Gasteiger partial charge in [-0.05, 0) is 50.0 Å². The van der Waals surface area contributed by atoms with E-state index < -0.39 is 0 Å². The van der Waals surface area contributed by atoms with Crippen LogP contribution >= 0.6 is 34.0 Å². The van der Waals surface area contributed by atoms with E-state index in [-0.39, 0.29) is 45.7 Å². The number of fused-ring (bicyclic) bond motifs is 1. The van der Waals surface area contributed by atoms with Crippen LogP contribution in [0.1, 0.15) is 29.0 Å². The number of carbonyl (C=O) groups is 1. The van der Waals surface area contributed by atoms with Gasteiger partial charge in [-0.2, -0.15) is 0 Å². The Hall–Kier alpha value is -1.50. The standard InChI is InChI=1S/C21H23N3O.2BrH/c25-20(17-10-13-22-14-11-17)21-23-18-8-4-5-9-19(18)24(21)15-12-16-6-2-1-3-7-16;;/h1-9,17,22H,10-15H2;2*1H. The number of benzene rings is 2. The lowest BCUT2D eigenvalue weighted by Gasteiger charge is -2.21. The highest BCUT2D eigenvalue weighted by atomic mass is 79.9. The molecule has 0 bridgehead atoms. The third-order valence-corrected chi connectivity index (χ3v) is 5.05. The van der Waals surface area contributed by atoms with Crippen LogP contribution in [0, 0.1) is 5.92 Å². The number of nitrogens with one attached hydrogen (secondary N) is 1. The molecule has 2 aromatic carbocycles. The molecule has 0 saturated carbocycles. The largest absolute Gasteiger partial charge is 0.321 e. The number of para-hydroxylation sites is 2. The summed E-state index contributed by atoms with van der Waals surface area (Å²) < 4.78 is 2.12. The SMILES string of the molecule is Br.Br.O=C(c1nc2ccccc2n1CCc1ccccc1)C1CCNCC1. The van der Waals surface area contributed by atoms with E-state index >= 15 is 0 Å². The summed E-state index contributed by atoms with van der Waals surface area (Å²) >= 11 is 0. The van der Waals surface area contributed by atoms with Gasteiger partial charge in [0.15, 0.2) is 5.82 Å². The molecule has 1 fully saturated rings. The zero-order valence-corrected chi connectivity index (χ0v) is 18.6. The lowest BCUT2D eigenvalue weighted by molar-refractivity contribution is 0.0880. The van der Waals surface area contributed by atoms with Gasteiger partial charge >= 0.3 is 0 Å². The van der Waals surface area contributed by atoms with Gasteiger partial charge < -0.3 is 9.88 Å². The molecule has 1 aliphatic rings. The average Bonchev–Trinajstić information content (AvgIpc) is 3.06. The number of aryl methyl sites for hydroxylation is 2. The molecule has 0 radical (unpaired) electrons. The molecule has 3 aromatic rings. The molecule has 1 aromatic heterocycles. The minimum absolute atomic E-state index is 0. The normalized spacial score (nSPS) is 14.4. The van der Waals surface area contributed by atoms with Crippen molar-refractivity contribution in [1.82, 2.24) is 14.9 Å². The highest BCUT2D eigenvalue weighted by Gasteiger charge is 2.26. The average molecular weight is 495 g/mol. The number of piperidine rings is 1. The fraction of sp³-hybridized carbons (Fsp3) is 0.333. The van der Waals surface area contributed by atoms with Crippen molar-refractivity contribution >= 4 is 50.8 Å². The monoisotopic (exact) mass is 493 g/mol. The first kappa shape index (κ1) is 21.8. The van der Waals surface area contributed by atoms with Gasteiger partial charge in [0, 0.05) is 12.5 Å². The highest BCUT2D eigenvalue weighted by molar-refractivity contribution is 8.93. The molecule has 0 unspecified atom stereocenters. The first-order valence-corrected chi connectivity index (χ1v) is 9.07. The number of imidazole rings is 1. The minimum atomic E-state index is 0. The quantitative estimate of drug-likeness (QED) is 0.526. The zero-order chi connectivity index (χ0) is 17.1. The van der Waals surface area contributed by atoms with Crippen molar-refractivity contribution in [3.8, 4) is 0 Å². The summed E-state index contributed by atoms with van der Waals surface area (Å²) in [5, 5.41) is 3.33. The summed E-state index contributed by atoms with van der Waals surface area (Å²) in [4.78, 5) is 17.8. The number of hydrogen-bond acceptors (Lipinski definition) is 3. The minimum Gasteiger partial charge on any atom is -0.321 e. The molecule has 1 N–H and O–H groups in total. The number of halogens is 2. The molecular formula is C21H25Br2N3O. The number of rotatable bonds is 5. The fourth-order valence-corrected chi connectivity index (χ4v) is 3.64. The molecule has 1 saturated heterocycles. The summed E-state index contributed by atoms with van der Waals surface area (Å²) in [5.41, 5.74) is 3.24. The Labute approximate surface area is 180 Å². The lowest BCUT2D eigenvalue weighted by Crippen LogP contribution is -2.33. The third kappa shape index (κ3) is 4.86. The van der Waals surface area contributed by atoms with Crippen LogP contribution in [0.3, 0.4) is 0 Å². The molecule has 4 rings (SSSR count). The number of nitrogens with zero attached hydrogens (tertiary/aromatic N) is 2. The van der Waals surface area contributed by atoms with Gasteiger partial charge in [0.05, 0.1) is 11.0 Å². The Kier molecular flexibility index (Phi) is 8.20. The molecule has 0 atom stereocenters. The van der Waals surface area contributed by atoms with Crippen LogP contribution in [0.5, 0.6) is 0 Å². The molecule has 6 heteroatoms. The highest BCUT2D eigenvalue weighted by Crippen LogP contribution is 2.23. The molecule has 0 amide bonds. The molecule has 27 heavy (non-hydrogen) atoms. The topological polar surface area (TPSA) is 46.9 Å². The van der Waals surface area contributed by atoms with E-state index in [1.165, 1.54) is 5.56 Å². The summed E-state index contributed by atoms with van der Waals surface area (Å²) in [5.74, 6) is 0.920. The Morgan fingerprint density at radius 1 is 1.00 bits per heavy atom. The van der Waals surface area contributed by atoms with E-state index in [9.17, 15) is 4.79 Å². The number of carbonyl (C=O) groups excluding carboxylic acids is 1. The predicted molar refractivity (Wildman–Crippen MR) is 120 cm³/mol. The van der Waals surface area contributed by atoms with E-state index in [1.54, 1.807) is 0 Å². The van der Waals surface area contributed by atoms with Crippen molar-refractivity contribution in [3.05, 3.63) is 66.0 Å². The Bertz CT molecular complexity index is 874. The summed E-state index contributed by atoms with van der Waals surface area (Å²) in [6.07, 6.45) is 2.70. The predicted octanol–water partition coefficient (Wildman–Crippen LogP) is 4.62.